The summed E-state index contributed by atoms with van der Waals surface area (Å²) in [6.07, 6.45) is 0. The summed E-state index contributed by atoms with van der Waals surface area (Å²) in [4.78, 5) is 12.0. The summed E-state index contributed by atoms with van der Waals surface area (Å²) in [5.74, 6) is -2.72. The second kappa shape index (κ2) is 6.09. The van der Waals surface area contributed by atoms with E-state index in [0.717, 1.165) is 6.07 Å². The van der Waals surface area contributed by atoms with E-state index in [4.69, 9.17) is 4.74 Å². The molecule has 0 atom stereocenters. The number of halogens is 1. The van der Waals surface area contributed by atoms with Crippen molar-refractivity contribution in [2.45, 2.75) is 0 Å². The van der Waals surface area contributed by atoms with Crippen LogP contribution in [-0.4, -0.2) is 23.1 Å². The van der Waals surface area contributed by atoms with E-state index in [-0.39, 0.29) is 11.1 Å². The number of Topliss-reactive ketones (excluding diaryl/α,β-unsaturated/α-hetero) is 1. The van der Waals surface area contributed by atoms with E-state index in [9.17, 15) is 19.4 Å². The van der Waals surface area contributed by atoms with Crippen LogP contribution in [0, 0.1) is 5.82 Å². The summed E-state index contributed by atoms with van der Waals surface area (Å²) < 4.78 is 18.5. The molecule has 0 saturated heterocycles. The van der Waals surface area contributed by atoms with Gasteiger partial charge in [0.05, 0.1) is 12.7 Å². The predicted molar refractivity (Wildman–Crippen MR) is 75.9 cm³/mol. The average Bonchev–Trinajstić information content (AvgIpc) is 2.53. The third-order valence-electron chi connectivity index (χ3n) is 2.92. The summed E-state index contributed by atoms with van der Waals surface area (Å²) in [5, 5.41) is 19.7. The third kappa shape index (κ3) is 3.02. The predicted octanol–water partition coefficient (Wildman–Crippen LogP) is 3.50. The zero-order chi connectivity index (χ0) is 15.4. The third-order valence-corrected chi connectivity index (χ3v) is 2.92. The first-order valence-corrected chi connectivity index (χ1v) is 6.10. The number of methoxy groups -OCH3 is 1. The monoisotopic (exact) mass is 288 g/mol. The minimum absolute atomic E-state index is 0.220. The fourth-order valence-electron chi connectivity index (χ4n) is 1.77. The molecule has 0 aromatic heterocycles. The van der Waals surface area contributed by atoms with Crippen molar-refractivity contribution in [2.75, 3.05) is 7.11 Å². The van der Waals surface area contributed by atoms with Gasteiger partial charge in [-0.1, -0.05) is 12.1 Å². The summed E-state index contributed by atoms with van der Waals surface area (Å²) in [7, 11) is 1.49. The smallest absolute Gasteiger partial charge is 0.234 e. The number of carbonyl (C=O) groups excluding carboxylic acids is 1. The number of hydrogen-bond acceptors (Lipinski definition) is 4. The van der Waals surface area contributed by atoms with Gasteiger partial charge in [-0.05, 0) is 36.4 Å². The zero-order valence-electron chi connectivity index (χ0n) is 11.2. The van der Waals surface area contributed by atoms with Gasteiger partial charge in [-0.15, -0.1) is 0 Å². The van der Waals surface area contributed by atoms with Crippen LogP contribution in [0.1, 0.15) is 15.9 Å². The Morgan fingerprint density at radius 2 is 1.67 bits per heavy atom. The molecule has 0 aliphatic heterocycles. The molecular weight excluding hydrogens is 275 g/mol. The highest BCUT2D eigenvalue weighted by Crippen LogP contribution is 2.21. The molecule has 0 aliphatic rings. The lowest BCUT2D eigenvalue weighted by Crippen LogP contribution is -2.08. The van der Waals surface area contributed by atoms with E-state index >= 15 is 0 Å². The van der Waals surface area contributed by atoms with Gasteiger partial charge in [0.2, 0.25) is 11.5 Å². The van der Waals surface area contributed by atoms with E-state index in [2.05, 4.69) is 0 Å². The molecule has 0 heterocycles. The van der Waals surface area contributed by atoms with Gasteiger partial charge < -0.3 is 14.9 Å². The summed E-state index contributed by atoms with van der Waals surface area (Å²) in [6.45, 7) is 0. The van der Waals surface area contributed by atoms with Gasteiger partial charge in [-0.2, -0.15) is 0 Å². The number of allylic oxidation sites excluding steroid dienone is 1. The molecule has 0 radical (unpaired) electrons. The van der Waals surface area contributed by atoms with Gasteiger partial charge in [0.15, 0.2) is 5.76 Å². The number of hydrogen-bond donors (Lipinski definition) is 2. The van der Waals surface area contributed by atoms with Crippen molar-refractivity contribution in [3.8, 4) is 5.75 Å². The largest absolute Gasteiger partial charge is 0.504 e. The first-order valence-electron chi connectivity index (χ1n) is 6.10. The van der Waals surface area contributed by atoms with Gasteiger partial charge in [-0.3, -0.25) is 4.79 Å². The number of aliphatic hydroxyl groups excluding tert-OH is 2. The van der Waals surface area contributed by atoms with Crippen LogP contribution in [0.15, 0.2) is 54.3 Å². The Morgan fingerprint density at radius 3 is 2.24 bits per heavy atom. The Balaban J connectivity index is 2.37. The van der Waals surface area contributed by atoms with Crippen LogP contribution in [-0.2, 0) is 0 Å². The zero-order valence-corrected chi connectivity index (χ0v) is 11.2. The van der Waals surface area contributed by atoms with Crippen molar-refractivity contribution in [3.05, 3.63) is 71.2 Å². The molecule has 0 fully saturated rings. The van der Waals surface area contributed by atoms with Crippen molar-refractivity contribution in [3.63, 3.8) is 0 Å². The molecule has 0 amide bonds. The number of aliphatic hydroxyl groups is 2. The van der Waals surface area contributed by atoms with E-state index < -0.39 is 23.1 Å². The minimum Gasteiger partial charge on any atom is -0.504 e. The fraction of sp³-hybridized carbons (Fsp3) is 0.0625. The maximum absolute atomic E-state index is 13.5. The van der Waals surface area contributed by atoms with Crippen molar-refractivity contribution in [2.24, 2.45) is 0 Å². The van der Waals surface area contributed by atoms with Crippen LogP contribution < -0.4 is 4.74 Å². The van der Waals surface area contributed by atoms with E-state index in [0.29, 0.717) is 5.75 Å². The fourth-order valence-corrected chi connectivity index (χ4v) is 1.77. The Bertz CT molecular complexity index is 690. The van der Waals surface area contributed by atoms with Crippen LogP contribution in [0.4, 0.5) is 4.39 Å². The van der Waals surface area contributed by atoms with E-state index in [1.54, 1.807) is 12.1 Å². The van der Waals surface area contributed by atoms with Crippen LogP contribution in [0.25, 0.3) is 5.76 Å². The normalized spacial score (nSPS) is 11.7. The quantitative estimate of drug-likeness (QED) is 0.513. The Morgan fingerprint density at radius 1 is 1.05 bits per heavy atom. The Hall–Kier alpha value is -2.82. The maximum Gasteiger partial charge on any atom is 0.234 e. The lowest BCUT2D eigenvalue weighted by molar-refractivity contribution is 0.0971. The molecule has 4 nitrogen and oxygen atoms in total. The van der Waals surface area contributed by atoms with Crippen molar-refractivity contribution >= 4 is 11.5 Å². The topological polar surface area (TPSA) is 66.8 Å². The van der Waals surface area contributed by atoms with E-state index in [1.165, 1.54) is 37.4 Å². The van der Waals surface area contributed by atoms with Crippen LogP contribution in [0.3, 0.4) is 0 Å². The average molecular weight is 288 g/mol. The second-order valence-electron chi connectivity index (χ2n) is 4.23. The molecule has 0 bridgehead atoms. The lowest BCUT2D eigenvalue weighted by Gasteiger charge is -2.06. The molecule has 2 aromatic carbocycles. The molecule has 2 rings (SSSR count). The van der Waals surface area contributed by atoms with Crippen LogP contribution in [0.5, 0.6) is 5.75 Å². The van der Waals surface area contributed by atoms with E-state index in [1.807, 2.05) is 0 Å². The maximum atomic E-state index is 13.5. The van der Waals surface area contributed by atoms with Crippen LogP contribution >= 0.6 is 0 Å². The van der Waals surface area contributed by atoms with Gasteiger partial charge in [0.1, 0.15) is 11.6 Å². The first kappa shape index (κ1) is 14.6. The summed E-state index contributed by atoms with van der Waals surface area (Å²) in [5.41, 5.74) is -0.0898. The number of ether oxygens (including phenoxy) is 1. The molecule has 2 N–H and O–H groups in total. The molecule has 0 unspecified atom stereocenters. The first-order chi connectivity index (χ1) is 10.0. The molecule has 108 valence electrons. The molecule has 0 aliphatic carbocycles. The summed E-state index contributed by atoms with van der Waals surface area (Å²) >= 11 is 0. The highest BCUT2D eigenvalue weighted by Gasteiger charge is 2.20. The molecule has 5 heteroatoms. The lowest BCUT2D eigenvalue weighted by atomic mass is 10.1. The number of carbonyl (C=O) groups is 1. The molecule has 21 heavy (non-hydrogen) atoms. The number of benzene rings is 2. The highest BCUT2D eigenvalue weighted by molar-refractivity contribution is 6.10. The van der Waals surface area contributed by atoms with Gasteiger partial charge in [0, 0.05) is 5.56 Å². The van der Waals surface area contributed by atoms with Crippen LogP contribution in [0.2, 0.25) is 0 Å². The highest BCUT2D eigenvalue weighted by atomic mass is 19.1. The molecule has 2 aromatic rings. The molecular formula is C16H13FO4. The Kier molecular flexibility index (Phi) is 4.23. The summed E-state index contributed by atoms with van der Waals surface area (Å²) in [6, 6.07) is 11.3. The van der Waals surface area contributed by atoms with Crippen molar-refractivity contribution in [1.82, 2.24) is 0 Å². The minimum atomic E-state index is -0.985. The molecule has 0 saturated carbocycles. The SMILES string of the molecule is COc1ccc(/C(O)=C(\O)C(=O)c2ccccc2F)cc1. The van der Waals surface area contributed by atoms with Crippen molar-refractivity contribution < 1.29 is 24.1 Å². The second-order valence-corrected chi connectivity index (χ2v) is 4.23. The number of rotatable bonds is 4. The van der Waals surface area contributed by atoms with Crippen molar-refractivity contribution in [1.29, 1.82) is 0 Å². The van der Waals surface area contributed by atoms with Gasteiger partial charge >= 0.3 is 0 Å². The van der Waals surface area contributed by atoms with Gasteiger partial charge in [0.25, 0.3) is 0 Å². The number of ketones is 1. The standard InChI is InChI=1S/C16H13FO4/c1-21-11-8-6-10(7-9-11)14(18)16(20)15(19)12-4-2-3-5-13(12)17/h2-9,18,20H,1H3/b16-14+. The molecule has 0 spiro atoms. The Labute approximate surface area is 120 Å². The van der Waals surface area contributed by atoms with Gasteiger partial charge in [-0.25, -0.2) is 4.39 Å².